The van der Waals surface area contributed by atoms with Crippen LogP contribution in [-0.4, -0.2) is 0 Å². The molecule has 0 aliphatic heterocycles. The van der Waals surface area contributed by atoms with Crippen molar-refractivity contribution in [1.82, 2.24) is 0 Å². The zero-order valence-corrected chi connectivity index (χ0v) is 10.8. The second-order valence-electron chi connectivity index (χ2n) is 3.90. The highest BCUT2D eigenvalue weighted by Crippen LogP contribution is 2.10. The molecule has 0 aromatic heterocycles. The SMILES string of the molecule is CCCCCCCCCCCC#CP. The van der Waals surface area contributed by atoms with Crippen molar-refractivity contribution in [2.45, 2.75) is 71.1 Å². The summed E-state index contributed by atoms with van der Waals surface area (Å²) in [6.45, 7) is 2.27. The molecule has 0 saturated carbocycles. The smallest absolute Gasteiger partial charge is 0.00919 e. The molecule has 1 unspecified atom stereocenters. The summed E-state index contributed by atoms with van der Waals surface area (Å²) in [6.07, 6.45) is 13.7. The molecule has 0 saturated heterocycles. The highest BCUT2D eigenvalue weighted by molar-refractivity contribution is 7.23. The van der Waals surface area contributed by atoms with Crippen LogP contribution >= 0.6 is 9.24 Å². The molecule has 0 rings (SSSR count). The predicted octanol–water partition coefficient (Wildman–Crippen LogP) is 4.74. The van der Waals surface area contributed by atoms with Crippen molar-refractivity contribution in [3.8, 4) is 11.6 Å². The van der Waals surface area contributed by atoms with Crippen LogP contribution in [0.2, 0.25) is 0 Å². The number of rotatable bonds is 9. The van der Waals surface area contributed by atoms with Gasteiger partial charge in [-0.05, 0) is 6.42 Å². The van der Waals surface area contributed by atoms with Gasteiger partial charge in [-0.3, -0.25) is 0 Å². The Kier molecular flexibility index (Phi) is 13.0. The van der Waals surface area contributed by atoms with Crippen molar-refractivity contribution in [2.24, 2.45) is 0 Å². The van der Waals surface area contributed by atoms with Crippen molar-refractivity contribution in [2.75, 3.05) is 0 Å². The molecule has 0 N–H and O–H groups in total. The summed E-state index contributed by atoms with van der Waals surface area (Å²) in [7, 11) is 2.45. The van der Waals surface area contributed by atoms with Crippen molar-refractivity contribution in [1.29, 1.82) is 0 Å². The lowest BCUT2D eigenvalue weighted by molar-refractivity contribution is 0.567. The average Bonchev–Trinajstić information content (AvgIpc) is 2.21. The van der Waals surface area contributed by atoms with Crippen molar-refractivity contribution < 1.29 is 0 Å². The van der Waals surface area contributed by atoms with Gasteiger partial charge in [-0.2, -0.15) is 0 Å². The fourth-order valence-electron chi connectivity index (χ4n) is 1.60. The van der Waals surface area contributed by atoms with Crippen LogP contribution in [0, 0.1) is 11.6 Å². The molecule has 82 valence electrons. The first-order valence-electron chi connectivity index (χ1n) is 6.10. The van der Waals surface area contributed by atoms with Crippen molar-refractivity contribution >= 4 is 9.24 Å². The Morgan fingerprint density at radius 1 is 0.786 bits per heavy atom. The van der Waals surface area contributed by atoms with Gasteiger partial charge >= 0.3 is 0 Å². The highest BCUT2D eigenvalue weighted by Gasteiger charge is 1.90. The fraction of sp³-hybridized carbons (Fsp3) is 0.846. The third-order valence-corrected chi connectivity index (χ3v) is 2.71. The second-order valence-corrected chi connectivity index (χ2v) is 4.19. The van der Waals surface area contributed by atoms with Gasteiger partial charge < -0.3 is 0 Å². The first-order chi connectivity index (χ1) is 6.91. The minimum atomic E-state index is 1.08. The van der Waals surface area contributed by atoms with Crippen molar-refractivity contribution in [3.63, 3.8) is 0 Å². The van der Waals surface area contributed by atoms with Crippen LogP contribution in [0.4, 0.5) is 0 Å². The van der Waals surface area contributed by atoms with E-state index >= 15 is 0 Å². The van der Waals surface area contributed by atoms with Gasteiger partial charge in [-0.25, -0.2) is 0 Å². The molecule has 0 aliphatic carbocycles. The van der Waals surface area contributed by atoms with Crippen LogP contribution < -0.4 is 0 Å². The Morgan fingerprint density at radius 3 is 1.79 bits per heavy atom. The van der Waals surface area contributed by atoms with Gasteiger partial charge in [0.2, 0.25) is 0 Å². The summed E-state index contributed by atoms with van der Waals surface area (Å²) in [5.41, 5.74) is 2.86. The van der Waals surface area contributed by atoms with E-state index in [4.69, 9.17) is 0 Å². The summed E-state index contributed by atoms with van der Waals surface area (Å²) in [5.74, 6) is 3.08. The van der Waals surface area contributed by atoms with E-state index in [1.165, 1.54) is 57.8 Å². The first-order valence-corrected chi connectivity index (χ1v) is 6.68. The quantitative estimate of drug-likeness (QED) is 0.294. The number of hydrogen-bond donors (Lipinski definition) is 0. The monoisotopic (exact) mass is 212 g/mol. The molecule has 0 bridgehead atoms. The molecular formula is C13H25P. The van der Waals surface area contributed by atoms with Gasteiger partial charge in [0.15, 0.2) is 0 Å². The Balaban J connectivity index is 2.87. The van der Waals surface area contributed by atoms with Crippen molar-refractivity contribution in [3.05, 3.63) is 0 Å². The molecule has 0 fully saturated rings. The van der Waals surface area contributed by atoms with Crippen LogP contribution in [0.25, 0.3) is 0 Å². The molecule has 0 amide bonds. The Hall–Kier alpha value is -0.0100. The van der Waals surface area contributed by atoms with Gasteiger partial charge in [-0.1, -0.05) is 79.1 Å². The third-order valence-electron chi connectivity index (χ3n) is 2.51. The lowest BCUT2D eigenvalue weighted by Gasteiger charge is -1.99. The molecule has 0 heterocycles. The summed E-state index contributed by atoms with van der Waals surface area (Å²) in [5, 5.41) is 0. The Labute approximate surface area is 92.4 Å². The summed E-state index contributed by atoms with van der Waals surface area (Å²) in [4.78, 5) is 0. The summed E-state index contributed by atoms with van der Waals surface area (Å²) >= 11 is 0. The molecule has 0 aromatic rings. The topological polar surface area (TPSA) is 0 Å². The van der Waals surface area contributed by atoms with E-state index < -0.39 is 0 Å². The molecule has 14 heavy (non-hydrogen) atoms. The highest BCUT2D eigenvalue weighted by atomic mass is 31.0. The first kappa shape index (κ1) is 14.0. The van der Waals surface area contributed by atoms with Gasteiger partial charge in [0.05, 0.1) is 0 Å². The van der Waals surface area contributed by atoms with Crippen LogP contribution in [0.15, 0.2) is 0 Å². The van der Waals surface area contributed by atoms with Gasteiger partial charge in [-0.15, -0.1) is 0 Å². The van der Waals surface area contributed by atoms with E-state index in [1.54, 1.807) is 0 Å². The molecule has 1 heteroatoms. The Bertz CT molecular complexity index is 152. The normalized spacial score (nSPS) is 9.57. The third kappa shape index (κ3) is 12.0. The molecule has 0 aliphatic rings. The van der Waals surface area contributed by atoms with Gasteiger partial charge in [0, 0.05) is 6.42 Å². The standard InChI is InChI=1S/C13H25P/c1-2-3-4-5-6-7-8-9-10-11-12-13-14/h2-11,14H2,1H3. The molecule has 0 radical (unpaired) electrons. The number of hydrogen-bond acceptors (Lipinski definition) is 0. The predicted molar refractivity (Wildman–Crippen MR) is 69.3 cm³/mol. The second kappa shape index (κ2) is 13.0. The van der Waals surface area contributed by atoms with Crippen LogP contribution in [-0.2, 0) is 0 Å². The van der Waals surface area contributed by atoms with Gasteiger partial charge in [0.1, 0.15) is 0 Å². The lowest BCUT2D eigenvalue weighted by Crippen LogP contribution is -1.80. The maximum Gasteiger partial charge on any atom is 0.00919 e. The fourth-order valence-corrected chi connectivity index (χ4v) is 1.74. The molecule has 0 spiro atoms. The molecular weight excluding hydrogens is 187 g/mol. The number of unbranched alkanes of at least 4 members (excludes halogenated alkanes) is 9. The lowest BCUT2D eigenvalue weighted by atomic mass is 10.1. The van der Waals surface area contributed by atoms with Crippen LogP contribution in [0.3, 0.4) is 0 Å². The Morgan fingerprint density at radius 2 is 1.29 bits per heavy atom. The minimum Gasteiger partial charge on any atom is -0.0992 e. The van der Waals surface area contributed by atoms with Crippen LogP contribution in [0.5, 0.6) is 0 Å². The molecule has 0 nitrogen and oxygen atoms in total. The zero-order chi connectivity index (χ0) is 10.5. The summed E-state index contributed by atoms with van der Waals surface area (Å²) < 4.78 is 0. The largest absolute Gasteiger partial charge is 0.0992 e. The van der Waals surface area contributed by atoms with E-state index in [-0.39, 0.29) is 0 Å². The maximum absolute atomic E-state index is 3.08. The van der Waals surface area contributed by atoms with E-state index in [0.717, 1.165) is 6.42 Å². The summed E-state index contributed by atoms with van der Waals surface area (Å²) in [6, 6.07) is 0. The molecule has 0 aromatic carbocycles. The van der Waals surface area contributed by atoms with E-state index in [2.05, 4.69) is 27.7 Å². The zero-order valence-electron chi connectivity index (χ0n) is 9.65. The average molecular weight is 212 g/mol. The minimum absolute atomic E-state index is 1.08. The van der Waals surface area contributed by atoms with Gasteiger partial charge in [0.25, 0.3) is 0 Å². The van der Waals surface area contributed by atoms with Crippen LogP contribution in [0.1, 0.15) is 71.1 Å². The van der Waals surface area contributed by atoms with E-state index in [0.29, 0.717) is 0 Å². The molecule has 1 atom stereocenters. The maximum atomic E-state index is 3.08. The van der Waals surface area contributed by atoms with E-state index in [1.807, 2.05) is 0 Å². The van der Waals surface area contributed by atoms with E-state index in [9.17, 15) is 0 Å².